The molecule has 1 fully saturated rings. The van der Waals surface area contributed by atoms with Crippen LogP contribution in [0.2, 0.25) is 0 Å². The van der Waals surface area contributed by atoms with Crippen molar-refractivity contribution in [3.63, 3.8) is 0 Å². The topological polar surface area (TPSA) is 44.5 Å². The predicted octanol–water partition coefficient (Wildman–Crippen LogP) is 0.589. The molecule has 0 amide bonds. The van der Waals surface area contributed by atoms with Crippen LogP contribution in [0.4, 0.5) is 0 Å². The Kier molecular flexibility index (Phi) is 12.2. The third-order valence-corrected chi connectivity index (χ3v) is 3.04. The molecule has 3 N–H and O–H groups in total. The molecule has 0 atom stereocenters. The second-order valence-electron chi connectivity index (χ2n) is 4.28. The highest BCUT2D eigenvalue weighted by atomic mass is 15.3. The number of rotatable bonds is 7. The highest BCUT2D eigenvalue weighted by Gasteiger charge is 2.15. The van der Waals surface area contributed by atoms with Crippen molar-refractivity contribution < 1.29 is 0 Å². The Bertz CT molecular complexity index is 144. The number of nitrogens with zero attached hydrogens (tertiary/aromatic N) is 2. The van der Waals surface area contributed by atoms with E-state index < -0.39 is 0 Å². The lowest BCUT2D eigenvalue weighted by atomic mass is 10.2. The van der Waals surface area contributed by atoms with E-state index in [1.54, 1.807) is 0 Å². The molecule has 1 aliphatic rings. The predicted molar refractivity (Wildman–Crippen MR) is 76.4 cm³/mol. The van der Waals surface area contributed by atoms with Gasteiger partial charge < -0.3 is 20.9 Å². The Hall–Kier alpha value is -0.160. The Morgan fingerprint density at radius 1 is 0.941 bits per heavy atom. The van der Waals surface area contributed by atoms with Gasteiger partial charge in [-0.3, -0.25) is 0 Å². The summed E-state index contributed by atoms with van der Waals surface area (Å²) < 4.78 is 0. The maximum Gasteiger partial charge on any atom is 0.0110 e. The van der Waals surface area contributed by atoms with Gasteiger partial charge in [-0.15, -0.1) is 0 Å². The first kappa shape index (κ1) is 16.8. The quantitative estimate of drug-likeness (QED) is 0.643. The highest BCUT2D eigenvalue weighted by molar-refractivity contribution is 4.71. The Morgan fingerprint density at radius 2 is 1.41 bits per heavy atom. The molecule has 0 spiro atoms. The van der Waals surface area contributed by atoms with Gasteiger partial charge in [0.1, 0.15) is 0 Å². The second-order valence-corrected chi connectivity index (χ2v) is 4.28. The lowest BCUT2D eigenvalue weighted by Crippen LogP contribution is -2.47. The van der Waals surface area contributed by atoms with Crippen LogP contribution in [-0.2, 0) is 0 Å². The lowest BCUT2D eigenvalue weighted by Gasteiger charge is -2.34. The van der Waals surface area contributed by atoms with Crippen LogP contribution >= 0.6 is 0 Å². The number of hydrogen-bond acceptors (Lipinski definition) is 4. The summed E-state index contributed by atoms with van der Waals surface area (Å²) in [6.07, 6.45) is 2.40. The van der Waals surface area contributed by atoms with Gasteiger partial charge in [-0.25, -0.2) is 0 Å². The van der Waals surface area contributed by atoms with Crippen molar-refractivity contribution in [3.05, 3.63) is 0 Å². The molecule has 0 saturated carbocycles. The Balaban J connectivity index is 0.00000121. The summed E-state index contributed by atoms with van der Waals surface area (Å²) in [4.78, 5) is 5.09. The van der Waals surface area contributed by atoms with Crippen LogP contribution in [0.25, 0.3) is 0 Å². The second kappa shape index (κ2) is 12.3. The van der Waals surface area contributed by atoms with Gasteiger partial charge in [0.25, 0.3) is 0 Å². The molecule has 0 aliphatic carbocycles. The summed E-state index contributed by atoms with van der Waals surface area (Å²) in [6.45, 7) is 13.3. The molecule has 0 aromatic carbocycles. The fraction of sp³-hybridized carbons (Fsp3) is 1.00. The minimum Gasteiger partial charge on any atom is -0.330 e. The zero-order valence-corrected chi connectivity index (χ0v) is 12.0. The number of piperazine rings is 1. The average molecular weight is 244 g/mol. The monoisotopic (exact) mass is 244 g/mol. The standard InChI is InChI=1S/C11H26N4.C2H6/c1-13-5-3-7-15-10-8-14(9-11-15)6-2-4-12;1-2/h13H,2-12H2,1H3;1-2H3. The van der Waals surface area contributed by atoms with Gasteiger partial charge in [-0.2, -0.15) is 0 Å². The molecule has 0 unspecified atom stereocenters. The zero-order valence-electron chi connectivity index (χ0n) is 12.0. The zero-order chi connectivity index (χ0) is 12.9. The molecule has 1 heterocycles. The van der Waals surface area contributed by atoms with Gasteiger partial charge in [0.05, 0.1) is 0 Å². The molecule has 4 nitrogen and oxygen atoms in total. The smallest absolute Gasteiger partial charge is 0.0110 e. The van der Waals surface area contributed by atoms with E-state index in [2.05, 4.69) is 15.1 Å². The van der Waals surface area contributed by atoms with Crippen molar-refractivity contribution in [1.82, 2.24) is 15.1 Å². The molecule has 104 valence electrons. The van der Waals surface area contributed by atoms with Gasteiger partial charge in [0.2, 0.25) is 0 Å². The Labute approximate surface area is 108 Å². The van der Waals surface area contributed by atoms with E-state index in [1.165, 1.54) is 45.7 Å². The van der Waals surface area contributed by atoms with Crippen molar-refractivity contribution in [2.24, 2.45) is 5.73 Å². The van der Waals surface area contributed by atoms with Gasteiger partial charge in [-0.1, -0.05) is 13.8 Å². The van der Waals surface area contributed by atoms with Crippen molar-refractivity contribution in [3.8, 4) is 0 Å². The van der Waals surface area contributed by atoms with Crippen LogP contribution in [0, 0.1) is 0 Å². The minimum absolute atomic E-state index is 0.822. The largest absolute Gasteiger partial charge is 0.330 e. The molecule has 0 aromatic rings. The van der Waals surface area contributed by atoms with Crippen molar-refractivity contribution in [2.75, 3.05) is 59.4 Å². The minimum atomic E-state index is 0.822. The van der Waals surface area contributed by atoms with Gasteiger partial charge >= 0.3 is 0 Å². The fourth-order valence-electron chi connectivity index (χ4n) is 2.03. The number of nitrogens with two attached hydrogens (primary N) is 1. The molecule has 1 aliphatic heterocycles. The van der Waals surface area contributed by atoms with Crippen LogP contribution in [0.1, 0.15) is 26.7 Å². The molecule has 1 saturated heterocycles. The highest BCUT2D eigenvalue weighted by Crippen LogP contribution is 2.02. The van der Waals surface area contributed by atoms with Crippen LogP contribution in [-0.4, -0.2) is 69.2 Å². The molecular weight excluding hydrogens is 212 g/mol. The van der Waals surface area contributed by atoms with Crippen LogP contribution in [0.3, 0.4) is 0 Å². The third kappa shape index (κ3) is 8.55. The summed E-state index contributed by atoms with van der Waals surface area (Å²) in [5, 5.41) is 3.19. The molecule has 17 heavy (non-hydrogen) atoms. The van der Waals surface area contributed by atoms with Gasteiger partial charge in [-0.05, 0) is 46.1 Å². The summed E-state index contributed by atoms with van der Waals surface area (Å²) >= 11 is 0. The van der Waals surface area contributed by atoms with E-state index in [1.807, 2.05) is 20.9 Å². The molecular formula is C13H32N4. The van der Waals surface area contributed by atoms with Gasteiger partial charge in [0, 0.05) is 26.2 Å². The van der Waals surface area contributed by atoms with E-state index in [0.717, 1.165) is 19.5 Å². The van der Waals surface area contributed by atoms with E-state index >= 15 is 0 Å². The summed E-state index contributed by atoms with van der Waals surface area (Å²) in [5.74, 6) is 0. The van der Waals surface area contributed by atoms with Crippen LogP contribution in [0.5, 0.6) is 0 Å². The summed E-state index contributed by atoms with van der Waals surface area (Å²) in [5.41, 5.74) is 5.51. The maximum atomic E-state index is 5.51. The van der Waals surface area contributed by atoms with Crippen LogP contribution in [0.15, 0.2) is 0 Å². The molecule has 1 rings (SSSR count). The lowest BCUT2D eigenvalue weighted by molar-refractivity contribution is 0.131. The summed E-state index contributed by atoms with van der Waals surface area (Å²) in [7, 11) is 2.02. The maximum absolute atomic E-state index is 5.51. The molecule has 4 heteroatoms. The number of nitrogens with one attached hydrogen (secondary N) is 1. The summed E-state index contributed by atoms with van der Waals surface area (Å²) in [6, 6.07) is 0. The molecule has 0 bridgehead atoms. The first-order valence-corrected chi connectivity index (χ1v) is 7.16. The van der Waals surface area contributed by atoms with E-state index in [0.29, 0.717) is 0 Å². The van der Waals surface area contributed by atoms with Gasteiger partial charge in [0.15, 0.2) is 0 Å². The van der Waals surface area contributed by atoms with Crippen LogP contribution < -0.4 is 11.1 Å². The SMILES string of the molecule is CC.CNCCCN1CCN(CCCN)CC1. The van der Waals surface area contributed by atoms with E-state index in [4.69, 9.17) is 5.73 Å². The Morgan fingerprint density at radius 3 is 1.82 bits per heavy atom. The normalized spacial score (nSPS) is 17.6. The third-order valence-electron chi connectivity index (χ3n) is 3.04. The first-order chi connectivity index (χ1) is 8.36. The first-order valence-electron chi connectivity index (χ1n) is 7.16. The molecule has 0 aromatic heterocycles. The average Bonchev–Trinajstić information content (AvgIpc) is 2.40. The number of hydrogen-bond donors (Lipinski definition) is 2. The molecule has 0 radical (unpaired) electrons. The van der Waals surface area contributed by atoms with Crippen molar-refractivity contribution >= 4 is 0 Å². The fourth-order valence-corrected chi connectivity index (χ4v) is 2.03. The van der Waals surface area contributed by atoms with E-state index in [-0.39, 0.29) is 0 Å². The van der Waals surface area contributed by atoms with Crippen molar-refractivity contribution in [2.45, 2.75) is 26.7 Å². The van der Waals surface area contributed by atoms with Crippen molar-refractivity contribution in [1.29, 1.82) is 0 Å². The van der Waals surface area contributed by atoms with E-state index in [9.17, 15) is 0 Å².